The largest absolute Gasteiger partial charge is 0.454 e. The number of piperidine rings is 1. The molecule has 2 aliphatic rings. The summed E-state index contributed by atoms with van der Waals surface area (Å²) >= 11 is 0. The van der Waals surface area contributed by atoms with Crippen LogP contribution < -0.4 is 15.2 Å². The van der Waals surface area contributed by atoms with Gasteiger partial charge in [0.1, 0.15) is 0 Å². The summed E-state index contributed by atoms with van der Waals surface area (Å²) < 4.78 is 10.8. The molecular weight excluding hydrogens is 252 g/mol. The minimum Gasteiger partial charge on any atom is -0.454 e. The number of nitrogens with two attached hydrogens (primary N) is 1. The minimum absolute atomic E-state index is 0.0252. The highest BCUT2D eigenvalue weighted by atomic mass is 16.7. The lowest BCUT2D eigenvalue weighted by Gasteiger charge is -2.39. The standard InChI is InChI=1S/C16H24N2O2/c1-11-4-3-7-18(12(11)2)9-14(17)13-5-6-15-16(8-13)20-10-19-15/h5-6,8,11-12,14H,3-4,7,9-10,17H2,1-2H3. The highest BCUT2D eigenvalue weighted by Crippen LogP contribution is 2.34. The van der Waals surface area contributed by atoms with Gasteiger partial charge in [-0.2, -0.15) is 0 Å². The zero-order valence-electron chi connectivity index (χ0n) is 12.3. The van der Waals surface area contributed by atoms with Crippen molar-refractivity contribution in [3.05, 3.63) is 23.8 Å². The lowest BCUT2D eigenvalue weighted by molar-refractivity contribution is 0.107. The van der Waals surface area contributed by atoms with Gasteiger partial charge in [-0.25, -0.2) is 0 Å². The van der Waals surface area contributed by atoms with Crippen molar-refractivity contribution in [3.8, 4) is 11.5 Å². The molecule has 3 unspecified atom stereocenters. The van der Waals surface area contributed by atoms with Crippen LogP contribution in [0.1, 0.15) is 38.3 Å². The topological polar surface area (TPSA) is 47.7 Å². The monoisotopic (exact) mass is 276 g/mol. The van der Waals surface area contributed by atoms with E-state index in [1.807, 2.05) is 12.1 Å². The van der Waals surface area contributed by atoms with Crippen LogP contribution in [0.5, 0.6) is 11.5 Å². The van der Waals surface area contributed by atoms with Gasteiger partial charge in [0.2, 0.25) is 6.79 Å². The Morgan fingerprint density at radius 1 is 1.30 bits per heavy atom. The molecule has 0 bridgehead atoms. The first-order valence-corrected chi connectivity index (χ1v) is 7.54. The molecule has 0 aliphatic carbocycles. The van der Waals surface area contributed by atoms with Gasteiger partial charge < -0.3 is 15.2 Å². The zero-order chi connectivity index (χ0) is 14.1. The Bertz CT molecular complexity index is 478. The third kappa shape index (κ3) is 2.63. The van der Waals surface area contributed by atoms with E-state index in [0.29, 0.717) is 12.8 Å². The normalized spacial score (nSPS) is 27.6. The first-order valence-electron chi connectivity index (χ1n) is 7.54. The summed E-state index contributed by atoms with van der Waals surface area (Å²) in [5, 5.41) is 0. The van der Waals surface area contributed by atoms with Crippen LogP contribution >= 0.6 is 0 Å². The molecular formula is C16H24N2O2. The van der Waals surface area contributed by atoms with Gasteiger partial charge in [0.15, 0.2) is 11.5 Å². The molecule has 0 saturated carbocycles. The summed E-state index contributed by atoms with van der Waals surface area (Å²) in [5.41, 5.74) is 7.51. The van der Waals surface area contributed by atoms with Crippen LogP contribution in [0.4, 0.5) is 0 Å². The Balaban J connectivity index is 1.68. The fraction of sp³-hybridized carbons (Fsp3) is 0.625. The molecule has 3 rings (SSSR count). The van der Waals surface area contributed by atoms with Gasteiger partial charge in [0.25, 0.3) is 0 Å². The second-order valence-corrected chi connectivity index (χ2v) is 6.07. The summed E-state index contributed by atoms with van der Waals surface area (Å²) in [5.74, 6) is 2.40. The molecule has 1 aromatic carbocycles. The highest BCUT2D eigenvalue weighted by Gasteiger charge is 2.26. The third-order valence-electron chi connectivity index (χ3n) is 4.76. The van der Waals surface area contributed by atoms with Crippen LogP contribution in [-0.4, -0.2) is 30.8 Å². The predicted molar refractivity (Wildman–Crippen MR) is 78.9 cm³/mol. The Hall–Kier alpha value is -1.26. The van der Waals surface area contributed by atoms with Crippen LogP contribution in [0.25, 0.3) is 0 Å². The van der Waals surface area contributed by atoms with E-state index in [9.17, 15) is 0 Å². The number of benzene rings is 1. The van der Waals surface area contributed by atoms with Crippen molar-refractivity contribution in [1.82, 2.24) is 4.90 Å². The maximum atomic E-state index is 6.39. The predicted octanol–water partition coefficient (Wildman–Crippen LogP) is 2.54. The molecule has 1 fully saturated rings. The first kappa shape index (κ1) is 13.7. The van der Waals surface area contributed by atoms with Gasteiger partial charge in [-0.05, 0) is 49.9 Å². The molecule has 0 amide bonds. The quantitative estimate of drug-likeness (QED) is 0.921. The summed E-state index contributed by atoms with van der Waals surface area (Å²) in [4.78, 5) is 2.52. The number of nitrogens with zero attached hydrogens (tertiary/aromatic N) is 1. The number of hydrogen-bond donors (Lipinski definition) is 1. The summed E-state index contributed by atoms with van der Waals surface area (Å²) in [6.07, 6.45) is 2.61. The zero-order valence-corrected chi connectivity index (χ0v) is 12.3. The lowest BCUT2D eigenvalue weighted by Crippen LogP contribution is -2.45. The van der Waals surface area contributed by atoms with Gasteiger partial charge >= 0.3 is 0 Å². The first-order chi connectivity index (χ1) is 9.65. The van der Waals surface area contributed by atoms with E-state index in [1.54, 1.807) is 0 Å². The van der Waals surface area contributed by atoms with E-state index in [-0.39, 0.29) is 6.04 Å². The molecule has 3 atom stereocenters. The van der Waals surface area contributed by atoms with Crippen molar-refractivity contribution in [1.29, 1.82) is 0 Å². The van der Waals surface area contributed by atoms with E-state index >= 15 is 0 Å². The van der Waals surface area contributed by atoms with Gasteiger partial charge in [-0.1, -0.05) is 13.0 Å². The van der Waals surface area contributed by atoms with Crippen molar-refractivity contribution in [2.75, 3.05) is 19.9 Å². The van der Waals surface area contributed by atoms with E-state index in [2.05, 4.69) is 24.8 Å². The Morgan fingerprint density at radius 2 is 2.10 bits per heavy atom. The summed E-state index contributed by atoms with van der Waals surface area (Å²) in [6, 6.07) is 6.67. The summed E-state index contributed by atoms with van der Waals surface area (Å²) in [6.45, 7) is 7.03. The molecule has 1 aromatic rings. The Kier molecular flexibility index (Phi) is 3.85. The molecule has 0 spiro atoms. The molecule has 0 radical (unpaired) electrons. The van der Waals surface area contributed by atoms with Crippen LogP contribution in [-0.2, 0) is 0 Å². The number of ether oxygens (including phenoxy) is 2. The fourth-order valence-corrected chi connectivity index (χ4v) is 3.18. The molecule has 2 heterocycles. The van der Waals surface area contributed by atoms with E-state index in [0.717, 1.165) is 36.1 Å². The van der Waals surface area contributed by atoms with Crippen molar-refractivity contribution >= 4 is 0 Å². The highest BCUT2D eigenvalue weighted by molar-refractivity contribution is 5.45. The third-order valence-corrected chi connectivity index (χ3v) is 4.76. The van der Waals surface area contributed by atoms with Crippen molar-refractivity contribution in [2.24, 2.45) is 11.7 Å². The van der Waals surface area contributed by atoms with Crippen LogP contribution in [0.2, 0.25) is 0 Å². The van der Waals surface area contributed by atoms with E-state index in [4.69, 9.17) is 15.2 Å². The average Bonchev–Trinajstić information content (AvgIpc) is 2.91. The fourth-order valence-electron chi connectivity index (χ4n) is 3.18. The van der Waals surface area contributed by atoms with Gasteiger partial charge in [-0.15, -0.1) is 0 Å². The lowest BCUT2D eigenvalue weighted by atomic mass is 9.91. The molecule has 2 N–H and O–H groups in total. The smallest absolute Gasteiger partial charge is 0.231 e. The van der Waals surface area contributed by atoms with Gasteiger partial charge in [0, 0.05) is 18.6 Å². The molecule has 0 aromatic heterocycles. The molecule has 1 saturated heterocycles. The number of likely N-dealkylation sites (tertiary alicyclic amines) is 1. The number of fused-ring (bicyclic) bond motifs is 1. The Morgan fingerprint density at radius 3 is 2.95 bits per heavy atom. The second-order valence-electron chi connectivity index (χ2n) is 6.07. The van der Waals surface area contributed by atoms with Crippen molar-refractivity contribution in [2.45, 2.75) is 38.8 Å². The summed E-state index contributed by atoms with van der Waals surface area (Å²) in [7, 11) is 0. The number of hydrogen-bond acceptors (Lipinski definition) is 4. The molecule has 4 heteroatoms. The van der Waals surface area contributed by atoms with Gasteiger partial charge in [-0.3, -0.25) is 4.90 Å². The molecule has 20 heavy (non-hydrogen) atoms. The number of rotatable bonds is 3. The maximum absolute atomic E-state index is 6.39. The van der Waals surface area contributed by atoms with Crippen molar-refractivity contribution in [3.63, 3.8) is 0 Å². The van der Waals surface area contributed by atoms with Crippen LogP contribution in [0, 0.1) is 5.92 Å². The van der Waals surface area contributed by atoms with Crippen molar-refractivity contribution < 1.29 is 9.47 Å². The second kappa shape index (κ2) is 5.62. The van der Waals surface area contributed by atoms with Crippen LogP contribution in [0.15, 0.2) is 18.2 Å². The molecule has 4 nitrogen and oxygen atoms in total. The minimum atomic E-state index is 0.0252. The molecule has 110 valence electrons. The van der Waals surface area contributed by atoms with E-state index in [1.165, 1.54) is 12.8 Å². The van der Waals surface area contributed by atoms with Crippen LogP contribution in [0.3, 0.4) is 0 Å². The maximum Gasteiger partial charge on any atom is 0.231 e. The van der Waals surface area contributed by atoms with E-state index < -0.39 is 0 Å². The Labute approximate surface area is 120 Å². The SMILES string of the molecule is CC1CCCN(CC(N)c2ccc3c(c2)OCO3)C1C. The molecule has 2 aliphatic heterocycles. The van der Waals surface area contributed by atoms with Gasteiger partial charge in [0.05, 0.1) is 0 Å². The average molecular weight is 276 g/mol.